The van der Waals surface area contributed by atoms with Crippen LogP contribution in [0, 0.1) is 21.7 Å². The summed E-state index contributed by atoms with van der Waals surface area (Å²) in [5.74, 6) is -6.87. The lowest BCUT2D eigenvalue weighted by Crippen LogP contribution is -2.59. The maximum atomic E-state index is 14.6. The molecule has 0 aliphatic carbocycles. The van der Waals surface area contributed by atoms with E-state index in [1.807, 2.05) is 0 Å². The molecule has 0 bridgehead atoms. The van der Waals surface area contributed by atoms with Crippen molar-refractivity contribution in [2.45, 2.75) is 130 Å². The first kappa shape index (κ1) is 73.0. The third-order valence-electron chi connectivity index (χ3n) is 10.6. The molecular formula is C48H78Br6N4O17. The third-order valence-corrected chi connectivity index (χ3v) is 12.5. The lowest BCUT2D eigenvalue weighted by atomic mass is 9.84. The van der Waals surface area contributed by atoms with E-state index in [1.165, 1.54) is 104 Å². The topological polar surface area (TPSA) is 290 Å². The number of carbonyl (C=O) groups is 9. The minimum absolute atomic E-state index is 0.0479. The van der Waals surface area contributed by atoms with Crippen LogP contribution in [0.15, 0.2) is 0 Å². The number of esters is 6. The largest absolute Gasteiger partial charge is 0.463 e. The predicted molar refractivity (Wildman–Crippen MR) is 300 cm³/mol. The number of hydrogen-bond donors (Lipinski definition) is 4. The molecule has 27 heteroatoms. The number of nitrogens with one attached hydrogen (secondary N) is 3. The van der Waals surface area contributed by atoms with Crippen LogP contribution in [0.5, 0.6) is 0 Å². The Bertz CT molecular complexity index is 1690. The smallest absolute Gasteiger partial charge is 0.322 e. The van der Waals surface area contributed by atoms with Crippen LogP contribution >= 0.6 is 95.6 Å². The van der Waals surface area contributed by atoms with Crippen LogP contribution in [-0.4, -0.2) is 172 Å². The highest BCUT2D eigenvalue weighted by atomic mass is 79.9. The Morgan fingerprint density at radius 1 is 0.333 bits per heavy atom. The summed E-state index contributed by atoms with van der Waals surface area (Å²) in [4.78, 5) is 122. The zero-order chi connectivity index (χ0) is 58.9. The van der Waals surface area contributed by atoms with Crippen molar-refractivity contribution < 1.29 is 81.0 Å². The quantitative estimate of drug-likeness (QED) is 0.0263. The molecule has 3 amide bonds. The van der Waals surface area contributed by atoms with Gasteiger partial charge >= 0.3 is 35.8 Å². The highest BCUT2D eigenvalue weighted by Crippen LogP contribution is 2.30. The van der Waals surface area contributed by atoms with Gasteiger partial charge in [-0.25, -0.2) is 0 Å². The number of nitrogens with two attached hydrogens (primary N) is 1. The summed E-state index contributed by atoms with van der Waals surface area (Å²) in [5, 5.41) is 8.49. The molecule has 0 aliphatic heterocycles. The van der Waals surface area contributed by atoms with E-state index in [2.05, 4.69) is 112 Å². The van der Waals surface area contributed by atoms with Gasteiger partial charge in [0.1, 0.15) is 81.8 Å². The van der Waals surface area contributed by atoms with Gasteiger partial charge in [-0.3, -0.25) is 43.2 Å². The van der Waals surface area contributed by atoms with Crippen molar-refractivity contribution in [3.8, 4) is 0 Å². The first-order valence-electron chi connectivity index (χ1n) is 23.6. The predicted octanol–water partition coefficient (Wildman–Crippen LogP) is 5.63. The fourth-order valence-corrected chi connectivity index (χ4v) is 5.96. The second-order valence-electron chi connectivity index (χ2n) is 22.0. The molecule has 75 heavy (non-hydrogen) atoms. The van der Waals surface area contributed by atoms with E-state index < -0.39 is 160 Å². The Morgan fingerprint density at radius 3 is 0.720 bits per heavy atom. The fraction of sp³-hybridized carbons (Fsp3) is 0.812. The molecule has 5 N–H and O–H groups in total. The molecule has 0 radical (unpaired) electrons. The summed E-state index contributed by atoms with van der Waals surface area (Å²) >= 11 is 19.5. The van der Waals surface area contributed by atoms with Gasteiger partial charge in [-0.15, -0.1) is 0 Å². The molecule has 0 atom stereocenters. The normalized spacial score (nSPS) is 13.2. The molecule has 0 saturated carbocycles. The molecule has 0 spiro atoms. The first-order valence-corrected chi connectivity index (χ1v) is 28.3. The molecular weight excluding hydrogens is 1380 g/mol. The summed E-state index contributed by atoms with van der Waals surface area (Å²) in [5.41, 5.74) is -1.29. The van der Waals surface area contributed by atoms with E-state index >= 15 is 0 Å². The maximum absolute atomic E-state index is 14.6. The van der Waals surface area contributed by atoms with Gasteiger partial charge in [-0.1, -0.05) is 95.6 Å². The molecule has 0 fully saturated rings. The van der Waals surface area contributed by atoms with Crippen molar-refractivity contribution in [3.05, 3.63) is 0 Å². The minimum atomic E-state index is -1.77. The summed E-state index contributed by atoms with van der Waals surface area (Å²) < 4.78 is 38.0. The average Bonchev–Trinajstić information content (AvgIpc) is 3.28. The van der Waals surface area contributed by atoms with E-state index in [1.54, 1.807) is 0 Å². The van der Waals surface area contributed by atoms with Gasteiger partial charge in [-0.2, -0.15) is 0 Å². The fourth-order valence-electron chi connectivity index (χ4n) is 5.27. The van der Waals surface area contributed by atoms with Crippen molar-refractivity contribution in [3.63, 3.8) is 0 Å². The van der Waals surface area contributed by atoms with Crippen LogP contribution in [0.25, 0.3) is 0 Å². The standard InChI is InChI=1S/C48H78Br6N4O17/c1-39(2,49)33(62)70-23-45(13,24-71-34(63)40(3,4)50)30(59)56-20-48(29-69-19-18-68-17-16-55,21-57-31(60)46(14,25-72-35(64)41(5,6)51)26-73-36(65)42(7,8)52)22-58-32(61)47(15,27-74-37(66)43(9,10)53)28-75-38(67)44(11,12)54/h16-29,55H2,1-15H3,(H,56,59)(H,57,60)(H,58,61). The second kappa shape index (κ2) is 30.0. The zero-order valence-electron chi connectivity index (χ0n) is 45.7. The Morgan fingerprint density at radius 2 is 0.533 bits per heavy atom. The molecule has 21 nitrogen and oxygen atoms in total. The average molecular weight is 1460 g/mol. The Hall–Kier alpha value is -2.01. The molecule has 0 aromatic heterocycles. The SMILES string of the molecule is CC(C)(Br)C(=O)OCC(C)(COC(=O)C(C)(C)Br)C(=O)NCC(CNC(=O)C(C)(COC(=O)C(C)(C)Br)COC(=O)C(C)(C)Br)(CNC(=O)C(C)(COC(=O)C(C)(C)Br)COC(=O)C(C)(C)Br)COCCOCCN. The van der Waals surface area contributed by atoms with E-state index in [0.29, 0.717) is 0 Å². The van der Waals surface area contributed by atoms with Gasteiger partial charge < -0.3 is 59.6 Å². The Balaban J connectivity index is 7.93. The zero-order valence-corrected chi connectivity index (χ0v) is 55.2. The van der Waals surface area contributed by atoms with E-state index in [9.17, 15) is 43.2 Å². The molecule has 0 heterocycles. The van der Waals surface area contributed by atoms with Crippen LogP contribution in [0.1, 0.15) is 104 Å². The van der Waals surface area contributed by atoms with Gasteiger partial charge in [-0.05, 0) is 104 Å². The number of ether oxygens (including phenoxy) is 8. The lowest BCUT2D eigenvalue weighted by molar-refractivity contribution is -0.161. The van der Waals surface area contributed by atoms with Gasteiger partial charge in [0.15, 0.2) is 0 Å². The van der Waals surface area contributed by atoms with Crippen molar-refractivity contribution in [1.82, 2.24) is 16.0 Å². The summed E-state index contributed by atoms with van der Waals surface area (Å²) in [6.45, 7) is 17.8. The monoisotopic (exact) mass is 1460 g/mol. The van der Waals surface area contributed by atoms with Gasteiger partial charge in [0.25, 0.3) is 0 Å². The molecule has 434 valence electrons. The van der Waals surface area contributed by atoms with Crippen LogP contribution in [0.4, 0.5) is 0 Å². The molecule has 0 aromatic rings. The van der Waals surface area contributed by atoms with Crippen LogP contribution in [0.3, 0.4) is 0 Å². The van der Waals surface area contributed by atoms with Crippen LogP contribution < -0.4 is 21.7 Å². The summed E-state index contributed by atoms with van der Waals surface area (Å²) in [7, 11) is 0. The van der Waals surface area contributed by atoms with E-state index in [0.717, 1.165) is 0 Å². The van der Waals surface area contributed by atoms with Crippen LogP contribution in [-0.2, 0) is 81.0 Å². The van der Waals surface area contributed by atoms with Gasteiger partial charge in [0.05, 0.1) is 26.4 Å². The lowest BCUT2D eigenvalue weighted by Gasteiger charge is -2.38. The van der Waals surface area contributed by atoms with E-state index in [4.69, 9.17) is 43.6 Å². The third kappa shape index (κ3) is 26.7. The maximum Gasteiger partial charge on any atom is 0.322 e. The number of amides is 3. The minimum Gasteiger partial charge on any atom is -0.463 e. The number of halogens is 6. The number of hydrogen-bond acceptors (Lipinski definition) is 18. The van der Waals surface area contributed by atoms with Crippen molar-refractivity contribution in [2.24, 2.45) is 27.4 Å². The first-order chi connectivity index (χ1) is 33.7. The molecule has 0 aliphatic rings. The second-order valence-corrected chi connectivity index (χ2v) is 33.9. The van der Waals surface area contributed by atoms with Crippen molar-refractivity contribution in [2.75, 3.05) is 92.2 Å². The molecule has 0 unspecified atom stereocenters. The molecule has 0 saturated heterocycles. The highest BCUT2D eigenvalue weighted by Gasteiger charge is 2.46. The Labute approximate surface area is 491 Å². The highest BCUT2D eigenvalue weighted by molar-refractivity contribution is 9.11. The summed E-state index contributed by atoms with van der Waals surface area (Å²) in [6.07, 6.45) is 0. The van der Waals surface area contributed by atoms with E-state index in [-0.39, 0.29) is 33.0 Å². The molecule has 0 rings (SSSR count). The summed E-state index contributed by atoms with van der Waals surface area (Å²) in [6, 6.07) is 0. The number of carbonyl (C=O) groups excluding carboxylic acids is 9. The van der Waals surface area contributed by atoms with Crippen molar-refractivity contribution >= 4 is 149 Å². The van der Waals surface area contributed by atoms with Gasteiger partial charge in [0.2, 0.25) is 17.7 Å². The molecule has 0 aromatic carbocycles. The van der Waals surface area contributed by atoms with Crippen LogP contribution in [0.2, 0.25) is 0 Å². The van der Waals surface area contributed by atoms with Crippen molar-refractivity contribution in [1.29, 1.82) is 0 Å². The van der Waals surface area contributed by atoms with Gasteiger partial charge in [0, 0.05) is 31.6 Å². The Kier molecular flexibility index (Phi) is 29.2. The number of rotatable bonds is 34. The number of alkyl halides is 6.